The molecule has 0 atom stereocenters. The molecule has 1 rings (SSSR count). The zero-order chi connectivity index (χ0) is 14.4. The van der Waals surface area contributed by atoms with Crippen LogP contribution in [0.15, 0.2) is 27.1 Å². The zero-order valence-corrected chi connectivity index (χ0v) is 14.0. The molecule has 0 heterocycles. The third-order valence-electron chi connectivity index (χ3n) is 2.56. The highest BCUT2D eigenvalue weighted by Crippen LogP contribution is 2.21. The minimum atomic E-state index is -0.258. The number of hydrogen-bond donors (Lipinski definition) is 0. The molecule has 0 aliphatic heterocycles. The monoisotopic (exact) mass is 391 g/mol. The molecule has 1 aromatic carbocycles. The van der Waals surface area contributed by atoms with E-state index in [0.29, 0.717) is 24.9 Å². The highest BCUT2D eigenvalue weighted by molar-refractivity contribution is 9.11. The normalized spacial score (nSPS) is 10.1. The summed E-state index contributed by atoms with van der Waals surface area (Å²) in [5.41, 5.74) is 0.599. The van der Waals surface area contributed by atoms with Crippen LogP contribution < -0.4 is 0 Å². The van der Waals surface area contributed by atoms with Gasteiger partial charge in [-0.15, -0.1) is 0 Å². The Morgan fingerprint density at radius 2 is 1.79 bits per heavy atom. The number of benzene rings is 1. The number of hydrogen-bond acceptors (Lipinski definition) is 3. The Balaban J connectivity index is 2.59. The summed E-state index contributed by atoms with van der Waals surface area (Å²) in [5.74, 6) is -0.335. The zero-order valence-electron chi connectivity index (χ0n) is 10.8. The van der Waals surface area contributed by atoms with Gasteiger partial charge in [-0.25, -0.2) is 0 Å². The number of carbonyl (C=O) groups is 2. The first kappa shape index (κ1) is 16.2. The number of ether oxygens (including phenoxy) is 1. The molecule has 6 heteroatoms. The summed E-state index contributed by atoms with van der Waals surface area (Å²) in [6.07, 6.45) is 0.903. The summed E-state index contributed by atoms with van der Waals surface area (Å²) in [5, 5.41) is 0. The second kappa shape index (κ2) is 7.65. The fraction of sp³-hybridized carbons (Fsp3) is 0.385. The minimum absolute atomic E-state index is 0.0770. The SMILES string of the molecule is COC(=O)CCCN(C)C(=O)c1cc(Br)cc(Br)c1. The van der Waals surface area contributed by atoms with Crippen LogP contribution in [0, 0.1) is 0 Å². The number of esters is 1. The number of nitrogens with zero attached hydrogens (tertiary/aromatic N) is 1. The molecular formula is C13H15Br2NO3. The molecule has 0 bridgehead atoms. The van der Waals surface area contributed by atoms with E-state index >= 15 is 0 Å². The van der Waals surface area contributed by atoms with Crippen molar-refractivity contribution in [3.05, 3.63) is 32.7 Å². The average molecular weight is 393 g/mol. The Morgan fingerprint density at radius 3 is 2.32 bits per heavy atom. The van der Waals surface area contributed by atoms with E-state index < -0.39 is 0 Å². The van der Waals surface area contributed by atoms with E-state index in [1.54, 1.807) is 24.1 Å². The fourth-order valence-corrected chi connectivity index (χ4v) is 2.86. The van der Waals surface area contributed by atoms with Gasteiger partial charge in [0.2, 0.25) is 0 Å². The maximum absolute atomic E-state index is 12.2. The Morgan fingerprint density at radius 1 is 1.21 bits per heavy atom. The van der Waals surface area contributed by atoms with E-state index in [4.69, 9.17) is 0 Å². The molecule has 0 aliphatic rings. The van der Waals surface area contributed by atoms with Crippen LogP contribution in [-0.4, -0.2) is 37.5 Å². The van der Waals surface area contributed by atoms with Crippen LogP contribution >= 0.6 is 31.9 Å². The summed E-state index contributed by atoms with van der Waals surface area (Å²) in [6, 6.07) is 5.40. The molecule has 0 aromatic heterocycles. The van der Waals surface area contributed by atoms with Crippen LogP contribution in [0.4, 0.5) is 0 Å². The summed E-state index contributed by atoms with van der Waals surface area (Å²) < 4.78 is 6.24. The van der Waals surface area contributed by atoms with Gasteiger partial charge in [-0.2, -0.15) is 0 Å². The first-order valence-corrected chi connectivity index (χ1v) is 7.31. The van der Waals surface area contributed by atoms with E-state index in [1.807, 2.05) is 6.07 Å². The lowest BCUT2D eigenvalue weighted by Crippen LogP contribution is -2.28. The summed E-state index contributed by atoms with van der Waals surface area (Å²) >= 11 is 6.70. The van der Waals surface area contributed by atoms with Gasteiger partial charge in [0.15, 0.2) is 0 Å². The van der Waals surface area contributed by atoms with Gasteiger partial charge in [-0.05, 0) is 24.6 Å². The summed E-state index contributed by atoms with van der Waals surface area (Å²) in [7, 11) is 3.07. The summed E-state index contributed by atoms with van der Waals surface area (Å²) in [6.45, 7) is 0.512. The van der Waals surface area contributed by atoms with Gasteiger partial charge in [0, 0.05) is 34.5 Å². The number of carbonyl (C=O) groups excluding carboxylic acids is 2. The van der Waals surface area contributed by atoms with Crippen molar-refractivity contribution in [3.63, 3.8) is 0 Å². The van der Waals surface area contributed by atoms with Crippen molar-refractivity contribution >= 4 is 43.7 Å². The van der Waals surface area contributed by atoms with Crippen LogP contribution in [-0.2, 0) is 9.53 Å². The molecule has 1 amide bonds. The predicted octanol–water partition coefficient (Wildman–Crippen LogP) is 3.24. The third-order valence-corrected chi connectivity index (χ3v) is 3.47. The lowest BCUT2D eigenvalue weighted by Gasteiger charge is -2.17. The largest absolute Gasteiger partial charge is 0.469 e. The van der Waals surface area contributed by atoms with Gasteiger partial charge < -0.3 is 9.64 Å². The minimum Gasteiger partial charge on any atom is -0.469 e. The molecule has 0 radical (unpaired) electrons. The molecule has 0 N–H and O–H groups in total. The molecule has 1 aromatic rings. The van der Waals surface area contributed by atoms with Crippen molar-refractivity contribution < 1.29 is 14.3 Å². The lowest BCUT2D eigenvalue weighted by molar-refractivity contribution is -0.140. The molecule has 0 unspecified atom stereocenters. The molecule has 4 nitrogen and oxygen atoms in total. The van der Waals surface area contributed by atoms with E-state index in [1.165, 1.54) is 7.11 Å². The molecule has 0 fully saturated rings. The third kappa shape index (κ3) is 5.32. The van der Waals surface area contributed by atoms with Gasteiger partial charge in [-0.3, -0.25) is 9.59 Å². The Labute approximate surface area is 129 Å². The van der Waals surface area contributed by atoms with Gasteiger partial charge in [0.25, 0.3) is 5.91 Å². The maximum atomic E-state index is 12.2. The van der Waals surface area contributed by atoms with Crippen molar-refractivity contribution in [1.82, 2.24) is 4.90 Å². The Bertz CT molecular complexity index is 457. The van der Waals surface area contributed by atoms with E-state index in [9.17, 15) is 9.59 Å². The first-order chi connectivity index (χ1) is 8.93. The van der Waals surface area contributed by atoms with Gasteiger partial charge in [-0.1, -0.05) is 31.9 Å². The van der Waals surface area contributed by atoms with Gasteiger partial charge in [0.05, 0.1) is 7.11 Å². The number of amides is 1. The second-order valence-corrected chi connectivity index (χ2v) is 5.90. The van der Waals surface area contributed by atoms with E-state index in [-0.39, 0.29) is 11.9 Å². The number of methoxy groups -OCH3 is 1. The van der Waals surface area contributed by atoms with Crippen LogP contribution in [0.3, 0.4) is 0 Å². The highest BCUT2D eigenvalue weighted by atomic mass is 79.9. The fourth-order valence-electron chi connectivity index (χ4n) is 1.56. The first-order valence-electron chi connectivity index (χ1n) is 5.72. The highest BCUT2D eigenvalue weighted by Gasteiger charge is 2.13. The average Bonchev–Trinajstić information content (AvgIpc) is 2.36. The van der Waals surface area contributed by atoms with Crippen molar-refractivity contribution in [3.8, 4) is 0 Å². The Kier molecular flexibility index (Phi) is 6.51. The predicted molar refractivity (Wildman–Crippen MR) is 80.1 cm³/mol. The molecular weight excluding hydrogens is 378 g/mol. The van der Waals surface area contributed by atoms with Crippen LogP contribution in [0.1, 0.15) is 23.2 Å². The molecule has 0 aliphatic carbocycles. The molecule has 104 valence electrons. The number of halogens is 2. The molecule has 0 saturated heterocycles. The quantitative estimate of drug-likeness (QED) is 0.722. The van der Waals surface area contributed by atoms with Crippen molar-refractivity contribution in [2.24, 2.45) is 0 Å². The smallest absolute Gasteiger partial charge is 0.305 e. The maximum Gasteiger partial charge on any atom is 0.305 e. The topological polar surface area (TPSA) is 46.6 Å². The van der Waals surface area contributed by atoms with Gasteiger partial charge in [0.1, 0.15) is 0 Å². The molecule has 0 spiro atoms. The van der Waals surface area contributed by atoms with Crippen molar-refractivity contribution in [2.75, 3.05) is 20.7 Å². The second-order valence-electron chi connectivity index (χ2n) is 4.06. The molecule has 0 saturated carbocycles. The lowest BCUT2D eigenvalue weighted by atomic mass is 10.2. The number of rotatable bonds is 5. The van der Waals surface area contributed by atoms with E-state index in [0.717, 1.165) is 8.95 Å². The van der Waals surface area contributed by atoms with Crippen LogP contribution in [0.2, 0.25) is 0 Å². The van der Waals surface area contributed by atoms with E-state index in [2.05, 4.69) is 36.6 Å². The van der Waals surface area contributed by atoms with Crippen molar-refractivity contribution in [2.45, 2.75) is 12.8 Å². The standard InChI is InChI=1S/C13H15Br2NO3/c1-16(5-3-4-12(17)19-2)13(18)9-6-10(14)8-11(15)7-9/h6-8H,3-5H2,1-2H3. The van der Waals surface area contributed by atoms with Crippen LogP contribution in [0.5, 0.6) is 0 Å². The van der Waals surface area contributed by atoms with Crippen LogP contribution in [0.25, 0.3) is 0 Å². The summed E-state index contributed by atoms with van der Waals surface area (Å²) in [4.78, 5) is 24.7. The van der Waals surface area contributed by atoms with Crippen molar-refractivity contribution in [1.29, 1.82) is 0 Å². The van der Waals surface area contributed by atoms with Gasteiger partial charge >= 0.3 is 5.97 Å². The Hall–Kier alpha value is -0.880. The molecule has 19 heavy (non-hydrogen) atoms.